The van der Waals surface area contributed by atoms with Crippen molar-refractivity contribution in [1.82, 2.24) is 9.80 Å². The zero-order chi connectivity index (χ0) is 8.39. The molecular weight excluding hydrogens is 152 g/mol. The van der Waals surface area contributed by atoms with Crippen molar-refractivity contribution >= 4 is 0 Å². The summed E-state index contributed by atoms with van der Waals surface area (Å²) < 4.78 is 5.30. The molecule has 0 radical (unpaired) electrons. The van der Waals surface area contributed by atoms with Crippen LogP contribution in [-0.4, -0.2) is 62.8 Å². The van der Waals surface area contributed by atoms with Gasteiger partial charge in [-0.3, -0.25) is 4.90 Å². The maximum absolute atomic E-state index is 5.30. The molecule has 0 aromatic carbocycles. The van der Waals surface area contributed by atoms with Gasteiger partial charge >= 0.3 is 0 Å². The van der Waals surface area contributed by atoms with Gasteiger partial charge in [-0.2, -0.15) is 0 Å². The molecule has 12 heavy (non-hydrogen) atoms. The van der Waals surface area contributed by atoms with Gasteiger partial charge in [-0.1, -0.05) is 0 Å². The molecule has 0 spiro atoms. The molecule has 2 rings (SSSR count). The fraction of sp³-hybridized carbons (Fsp3) is 1.00. The van der Waals surface area contributed by atoms with E-state index in [1.54, 1.807) is 0 Å². The smallest absolute Gasteiger partial charge is 0.0594 e. The Kier molecular flexibility index (Phi) is 2.63. The molecule has 0 amide bonds. The zero-order valence-electron chi connectivity index (χ0n) is 7.83. The van der Waals surface area contributed by atoms with Gasteiger partial charge in [0.2, 0.25) is 0 Å². The Hall–Kier alpha value is -0.120. The number of hydrogen-bond donors (Lipinski definition) is 0. The minimum absolute atomic E-state index is 0.924. The van der Waals surface area contributed by atoms with Gasteiger partial charge in [0.1, 0.15) is 0 Å². The first-order valence-corrected chi connectivity index (χ1v) is 4.83. The molecule has 0 bridgehead atoms. The molecule has 2 aliphatic heterocycles. The normalized spacial score (nSPS) is 28.8. The highest BCUT2D eigenvalue weighted by Crippen LogP contribution is 2.14. The van der Waals surface area contributed by atoms with Crippen molar-refractivity contribution in [3.8, 4) is 0 Å². The number of rotatable bonds is 2. The molecule has 3 nitrogen and oxygen atoms in total. The summed E-state index contributed by atoms with van der Waals surface area (Å²) in [6.07, 6.45) is 0. The minimum Gasteiger partial charge on any atom is -0.379 e. The summed E-state index contributed by atoms with van der Waals surface area (Å²) in [5.74, 6) is 0.924. The fourth-order valence-electron chi connectivity index (χ4n) is 2.09. The van der Waals surface area contributed by atoms with Gasteiger partial charge in [0.25, 0.3) is 0 Å². The second-order valence-corrected chi connectivity index (χ2v) is 4.00. The number of morpholine rings is 1. The number of hydrogen-bond acceptors (Lipinski definition) is 3. The largest absolute Gasteiger partial charge is 0.379 e. The second-order valence-electron chi connectivity index (χ2n) is 4.00. The molecule has 0 atom stereocenters. The molecule has 3 heteroatoms. The Morgan fingerprint density at radius 1 is 1.25 bits per heavy atom. The summed E-state index contributed by atoms with van der Waals surface area (Å²) in [5, 5.41) is 0. The van der Waals surface area contributed by atoms with Crippen molar-refractivity contribution in [1.29, 1.82) is 0 Å². The summed E-state index contributed by atoms with van der Waals surface area (Å²) in [6.45, 7) is 8.01. The van der Waals surface area contributed by atoms with E-state index in [0.29, 0.717) is 0 Å². The molecule has 2 aliphatic rings. The van der Waals surface area contributed by atoms with E-state index in [0.717, 1.165) is 32.2 Å². The highest BCUT2D eigenvalue weighted by molar-refractivity contribution is 4.80. The van der Waals surface area contributed by atoms with Crippen LogP contribution in [0.1, 0.15) is 0 Å². The van der Waals surface area contributed by atoms with E-state index in [4.69, 9.17) is 4.74 Å². The molecule has 2 saturated heterocycles. The highest BCUT2D eigenvalue weighted by atomic mass is 16.5. The SMILES string of the molecule is CN1CC(CN2CCOCC2)C1. The van der Waals surface area contributed by atoms with Crippen molar-refractivity contribution < 1.29 is 4.74 Å². The van der Waals surface area contributed by atoms with E-state index in [1.165, 1.54) is 19.6 Å². The van der Waals surface area contributed by atoms with E-state index in [9.17, 15) is 0 Å². The van der Waals surface area contributed by atoms with Gasteiger partial charge in [0.05, 0.1) is 13.2 Å². The zero-order valence-corrected chi connectivity index (χ0v) is 7.83. The molecule has 0 aromatic heterocycles. The van der Waals surface area contributed by atoms with E-state index in [-0.39, 0.29) is 0 Å². The molecule has 70 valence electrons. The van der Waals surface area contributed by atoms with Crippen molar-refractivity contribution in [3.05, 3.63) is 0 Å². The van der Waals surface area contributed by atoms with Gasteiger partial charge in [0.15, 0.2) is 0 Å². The Labute approximate surface area is 74.3 Å². The fourth-order valence-corrected chi connectivity index (χ4v) is 2.09. The maximum atomic E-state index is 5.30. The molecule has 0 aliphatic carbocycles. The van der Waals surface area contributed by atoms with Crippen LogP contribution in [0.5, 0.6) is 0 Å². The van der Waals surface area contributed by atoms with E-state index < -0.39 is 0 Å². The third-order valence-electron chi connectivity index (χ3n) is 2.76. The van der Waals surface area contributed by atoms with Gasteiger partial charge in [-0.25, -0.2) is 0 Å². The Morgan fingerprint density at radius 2 is 1.92 bits per heavy atom. The van der Waals surface area contributed by atoms with Crippen LogP contribution < -0.4 is 0 Å². The predicted molar refractivity (Wildman–Crippen MR) is 48.2 cm³/mol. The number of likely N-dealkylation sites (tertiary alicyclic amines) is 1. The lowest BCUT2D eigenvalue weighted by Crippen LogP contribution is -2.51. The van der Waals surface area contributed by atoms with Crippen LogP contribution in [0.4, 0.5) is 0 Å². The van der Waals surface area contributed by atoms with Crippen LogP contribution in [0.3, 0.4) is 0 Å². The van der Waals surface area contributed by atoms with Crippen LogP contribution in [0.2, 0.25) is 0 Å². The molecular formula is C9H18N2O. The lowest BCUT2D eigenvalue weighted by molar-refractivity contribution is 0.0116. The molecule has 2 fully saturated rings. The summed E-state index contributed by atoms with van der Waals surface area (Å²) in [5.41, 5.74) is 0. The van der Waals surface area contributed by atoms with E-state index in [2.05, 4.69) is 16.8 Å². The Morgan fingerprint density at radius 3 is 2.50 bits per heavy atom. The average Bonchev–Trinajstić information content (AvgIpc) is 2.04. The molecule has 0 unspecified atom stereocenters. The van der Waals surface area contributed by atoms with E-state index in [1.807, 2.05) is 0 Å². The first-order chi connectivity index (χ1) is 5.84. The lowest BCUT2D eigenvalue weighted by atomic mass is 10.0. The summed E-state index contributed by atoms with van der Waals surface area (Å²) in [4.78, 5) is 4.91. The standard InChI is InChI=1S/C9H18N2O/c1-10-6-9(7-10)8-11-2-4-12-5-3-11/h9H,2-8H2,1H3. The molecule has 0 N–H and O–H groups in total. The third kappa shape index (κ3) is 1.97. The lowest BCUT2D eigenvalue weighted by Gasteiger charge is -2.40. The first kappa shape index (κ1) is 8.48. The molecule has 0 saturated carbocycles. The van der Waals surface area contributed by atoms with Gasteiger partial charge in [-0.05, 0) is 13.0 Å². The number of ether oxygens (including phenoxy) is 1. The van der Waals surface area contributed by atoms with Gasteiger partial charge in [0, 0.05) is 32.7 Å². The molecule has 0 aromatic rings. The predicted octanol–water partition coefficient (Wildman–Crippen LogP) is -0.120. The minimum atomic E-state index is 0.924. The van der Waals surface area contributed by atoms with E-state index >= 15 is 0 Å². The second kappa shape index (κ2) is 3.73. The van der Waals surface area contributed by atoms with Crippen LogP contribution in [0.15, 0.2) is 0 Å². The van der Waals surface area contributed by atoms with Crippen LogP contribution in [0, 0.1) is 5.92 Å². The third-order valence-corrected chi connectivity index (χ3v) is 2.76. The Balaban J connectivity index is 1.65. The molecule has 2 heterocycles. The van der Waals surface area contributed by atoms with Crippen LogP contribution in [-0.2, 0) is 4.74 Å². The Bertz CT molecular complexity index is 139. The van der Waals surface area contributed by atoms with Gasteiger partial charge in [-0.15, -0.1) is 0 Å². The summed E-state index contributed by atoms with van der Waals surface area (Å²) in [6, 6.07) is 0. The first-order valence-electron chi connectivity index (χ1n) is 4.83. The highest BCUT2D eigenvalue weighted by Gasteiger charge is 2.25. The van der Waals surface area contributed by atoms with Crippen molar-refractivity contribution in [2.75, 3.05) is 53.0 Å². The van der Waals surface area contributed by atoms with Crippen molar-refractivity contribution in [3.63, 3.8) is 0 Å². The van der Waals surface area contributed by atoms with Gasteiger partial charge < -0.3 is 9.64 Å². The van der Waals surface area contributed by atoms with Crippen molar-refractivity contribution in [2.45, 2.75) is 0 Å². The topological polar surface area (TPSA) is 15.7 Å². The monoisotopic (exact) mass is 170 g/mol. The average molecular weight is 170 g/mol. The van der Waals surface area contributed by atoms with Crippen molar-refractivity contribution in [2.24, 2.45) is 5.92 Å². The quantitative estimate of drug-likeness (QED) is 0.574. The number of nitrogens with zero attached hydrogens (tertiary/aromatic N) is 2. The summed E-state index contributed by atoms with van der Waals surface area (Å²) in [7, 11) is 2.19. The van der Waals surface area contributed by atoms with Crippen LogP contribution >= 0.6 is 0 Å². The summed E-state index contributed by atoms with van der Waals surface area (Å²) >= 11 is 0. The van der Waals surface area contributed by atoms with Crippen LogP contribution in [0.25, 0.3) is 0 Å². The maximum Gasteiger partial charge on any atom is 0.0594 e.